The molecule has 3 nitrogen and oxygen atoms in total. The van der Waals surface area contributed by atoms with E-state index in [1.54, 1.807) is 0 Å². The number of halogens is 1. The molecule has 0 bridgehead atoms. The van der Waals surface area contributed by atoms with Gasteiger partial charge in [-0.3, -0.25) is 4.79 Å². The number of carbonyl (C=O) groups is 1. The average Bonchev–Trinajstić information content (AvgIpc) is 3.30. The van der Waals surface area contributed by atoms with Crippen molar-refractivity contribution in [3.8, 4) is 0 Å². The third-order valence-electron chi connectivity index (χ3n) is 5.28. The van der Waals surface area contributed by atoms with Crippen molar-refractivity contribution in [3.05, 3.63) is 35.9 Å². The molecule has 0 atom stereocenters. The van der Waals surface area contributed by atoms with Crippen LogP contribution in [0.2, 0.25) is 0 Å². The largest absolute Gasteiger partial charge is 0.354 e. The first kappa shape index (κ1) is 17.3. The van der Waals surface area contributed by atoms with Crippen LogP contribution in [0.4, 0.5) is 0 Å². The van der Waals surface area contributed by atoms with E-state index >= 15 is 0 Å². The number of hydrogen-bond donors (Lipinski definition) is 2. The minimum absolute atomic E-state index is 0. The highest BCUT2D eigenvalue weighted by Gasteiger charge is 2.46. The fourth-order valence-electron chi connectivity index (χ4n) is 3.55. The van der Waals surface area contributed by atoms with Crippen LogP contribution in [0.5, 0.6) is 0 Å². The monoisotopic (exact) mass is 322 g/mol. The van der Waals surface area contributed by atoms with Crippen molar-refractivity contribution in [2.75, 3.05) is 6.54 Å². The van der Waals surface area contributed by atoms with E-state index in [-0.39, 0.29) is 23.7 Å². The lowest BCUT2D eigenvalue weighted by Crippen LogP contribution is -2.48. The third-order valence-corrected chi connectivity index (χ3v) is 5.28. The Hall–Kier alpha value is -1.06. The van der Waals surface area contributed by atoms with E-state index in [4.69, 9.17) is 5.73 Å². The van der Waals surface area contributed by atoms with Gasteiger partial charge in [0.1, 0.15) is 0 Å². The normalized spacial score (nSPS) is 22.0. The Kier molecular flexibility index (Phi) is 5.51. The first-order chi connectivity index (χ1) is 10.1. The molecule has 1 amide bonds. The molecule has 3 rings (SSSR count). The summed E-state index contributed by atoms with van der Waals surface area (Å²) in [7, 11) is 0. The van der Waals surface area contributed by atoms with Gasteiger partial charge >= 0.3 is 0 Å². The maximum atomic E-state index is 12.2. The van der Waals surface area contributed by atoms with Crippen LogP contribution in [0.25, 0.3) is 0 Å². The number of nitrogens with two attached hydrogens (primary N) is 1. The van der Waals surface area contributed by atoms with Gasteiger partial charge in [-0.15, -0.1) is 12.4 Å². The van der Waals surface area contributed by atoms with E-state index in [1.807, 2.05) is 0 Å². The van der Waals surface area contributed by atoms with Crippen LogP contribution in [0, 0.1) is 0 Å². The number of benzene rings is 1. The van der Waals surface area contributed by atoms with Gasteiger partial charge in [0.2, 0.25) is 5.91 Å². The standard InChI is InChI=1S/C18H26N2O.ClH/c19-18(12-13-18)16(21)20-14-17(10-6-1-2-7-11-17)15-8-4-3-5-9-15;/h3-5,8-9H,1-2,6-7,10-14,19H2,(H,20,21);1H. The summed E-state index contributed by atoms with van der Waals surface area (Å²) in [6.45, 7) is 0.731. The number of nitrogens with one attached hydrogen (secondary N) is 1. The van der Waals surface area contributed by atoms with Crippen molar-refractivity contribution >= 4 is 18.3 Å². The molecule has 1 aromatic carbocycles. The molecule has 2 aliphatic rings. The number of rotatable bonds is 4. The lowest BCUT2D eigenvalue weighted by Gasteiger charge is -2.34. The molecule has 0 aliphatic heterocycles. The summed E-state index contributed by atoms with van der Waals surface area (Å²) in [6.07, 6.45) is 9.10. The van der Waals surface area contributed by atoms with Gasteiger partial charge in [-0.25, -0.2) is 0 Å². The quantitative estimate of drug-likeness (QED) is 0.836. The molecule has 22 heavy (non-hydrogen) atoms. The minimum atomic E-state index is -0.567. The van der Waals surface area contributed by atoms with Crippen molar-refractivity contribution in [2.24, 2.45) is 5.73 Å². The highest BCUT2D eigenvalue weighted by atomic mass is 35.5. The van der Waals surface area contributed by atoms with Crippen molar-refractivity contribution in [2.45, 2.75) is 62.3 Å². The summed E-state index contributed by atoms with van der Waals surface area (Å²) in [5, 5.41) is 3.16. The van der Waals surface area contributed by atoms with Crippen LogP contribution in [-0.4, -0.2) is 18.0 Å². The molecule has 0 unspecified atom stereocenters. The predicted molar refractivity (Wildman–Crippen MR) is 92.2 cm³/mol. The SMILES string of the molecule is Cl.NC1(C(=O)NCC2(c3ccccc3)CCCCCC2)CC1. The first-order valence-electron chi connectivity index (χ1n) is 8.27. The van der Waals surface area contributed by atoms with Gasteiger partial charge in [0.25, 0.3) is 0 Å². The van der Waals surface area contributed by atoms with Crippen molar-refractivity contribution in [3.63, 3.8) is 0 Å². The second-order valence-electron chi connectivity index (χ2n) is 6.90. The second kappa shape index (κ2) is 7.01. The molecular formula is C18H27ClN2O. The highest BCUT2D eigenvalue weighted by molar-refractivity contribution is 5.89. The van der Waals surface area contributed by atoms with Crippen LogP contribution < -0.4 is 11.1 Å². The van der Waals surface area contributed by atoms with Crippen LogP contribution in [-0.2, 0) is 10.2 Å². The molecule has 2 aliphatic carbocycles. The van der Waals surface area contributed by atoms with Gasteiger partial charge in [0.05, 0.1) is 5.54 Å². The van der Waals surface area contributed by atoms with E-state index in [9.17, 15) is 4.79 Å². The topological polar surface area (TPSA) is 55.1 Å². The second-order valence-corrected chi connectivity index (χ2v) is 6.90. The fourth-order valence-corrected chi connectivity index (χ4v) is 3.55. The molecule has 1 aromatic rings. The number of amides is 1. The molecule has 4 heteroatoms. The van der Waals surface area contributed by atoms with Crippen LogP contribution in [0.3, 0.4) is 0 Å². The Labute approximate surface area is 139 Å². The molecule has 0 radical (unpaired) electrons. The molecule has 0 aromatic heterocycles. The average molecular weight is 323 g/mol. The fraction of sp³-hybridized carbons (Fsp3) is 0.611. The highest BCUT2D eigenvalue weighted by Crippen LogP contribution is 2.38. The van der Waals surface area contributed by atoms with Crippen LogP contribution >= 0.6 is 12.4 Å². The lowest BCUT2D eigenvalue weighted by molar-refractivity contribution is -0.123. The van der Waals surface area contributed by atoms with Crippen molar-refractivity contribution < 1.29 is 4.79 Å². The van der Waals surface area contributed by atoms with Crippen LogP contribution in [0.1, 0.15) is 56.9 Å². The van der Waals surface area contributed by atoms with Gasteiger partial charge in [0.15, 0.2) is 0 Å². The lowest BCUT2D eigenvalue weighted by atomic mass is 9.74. The Morgan fingerprint density at radius 1 is 1.00 bits per heavy atom. The number of carbonyl (C=O) groups excluding carboxylic acids is 1. The molecule has 122 valence electrons. The van der Waals surface area contributed by atoms with Gasteiger partial charge in [0, 0.05) is 12.0 Å². The Morgan fingerprint density at radius 3 is 2.14 bits per heavy atom. The summed E-state index contributed by atoms with van der Waals surface area (Å²) in [5.74, 6) is 0.0436. The zero-order chi connectivity index (χ0) is 14.8. The zero-order valence-electron chi connectivity index (χ0n) is 13.1. The Morgan fingerprint density at radius 2 is 1.59 bits per heavy atom. The summed E-state index contributed by atoms with van der Waals surface area (Å²) < 4.78 is 0. The molecule has 0 spiro atoms. The maximum absolute atomic E-state index is 12.2. The molecular weight excluding hydrogens is 296 g/mol. The van der Waals surface area contributed by atoms with E-state index in [0.29, 0.717) is 0 Å². The molecule has 2 fully saturated rings. The van der Waals surface area contributed by atoms with Gasteiger partial charge < -0.3 is 11.1 Å². The van der Waals surface area contributed by atoms with E-state index < -0.39 is 5.54 Å². The summed E-state index contributed by atoms with van der Waals surface area (Å²) in [4.78, 5) is 12.2. The van der Waals surface area contributed by atoms with Crippen LogP contribution in [0.15, 0.2) is 30.3 Å². The summed E-state index contributed by atoms with van der Waals surface area (Å²) >= 11 is 0. The summed E-state index contributed by atoms with van der Waals surface area (Å²) in [6, 6.07) is 10.7. The van der Waals surface area contributed by atoms with E-state index in [0.717, 1.165) is 32.2 Å². The van der Waals surface area contributed by atoms with Crippen molar-refractivity contribution in [1.29, 1.82) is 0 Å². The molecule has 0 saturated heterocycles. The van der Waals surface area contributed by atoms with Crippen molar-refractivity contribution in [1.82, 2.24) is 5.32 Å². The number of hydrogen-bond acceptors (Lipinski definition) is 2. The smallest absolute Gasteiger partial charge is 0.240 e. The Balaban J connectivity index is 0.00000176. The molecule has 2 saturated carbocycles. The van der Waals surface area contributed by atoms with Gasteiger partial charge in [-0.2, -0.15) is 0 Å². The third kappa shape index (κ3) is 3.64. The predicted octanol–water partition coefficient (Wildman–Crippen LogP) is 3.31. The van der Waals surface area contributed by atoms with Gasteiger partial charge in [-0.05, 0) is 31.2 Å². The van der Waals surface area contributed by atoms with E-state index in [2.05, 4.69) is 35.6 Å². The zero-order valence-corrected chi connectivity index (χ0v) is 14.0. The van der Waals surface area contributed by atoms with E-state index in [1.165, 1.54) is 31.2 Å². The first-order valence-corrected chi connectivity index (χ1v) is 8.27. The maximum Gasteiger partial charge on any atom is 0.240 e. The summed E-state index contributed by atoms with van der Waals surface area (Å²) in [5.41, 5.74) is 6.90. The molecule has 3 N–H and O–H groups in total. The minimum Gasteiger partial charge on any atom is -0.354 e. The molecule has 0 heterocycles. The Bertz CT molecular complexity index is 491. The van der Waals surface area contributed by atoms with Gasteiger partial charge in [-0.1, -0.05) is 56.0 Å².